The summed E-state index contributed by atoms with van der Waals surface area (Å²) in [5, 5.41) is 3.36. The van der Waals surface area contributed by atoms with Crippen LogP contribution in [0.15, 0.2) is 48.5 Å². The molecule has 27 heavy (non-hydrogen) atoms. The highest BCUT2D eigenvalue weighted by atomic mass is 16.1. The SMILES string of the molecule is Cc1ccc(CN2CCC(C(=O)N[C@H]3CCCc4ccccc43)CC2)cc1. The monoisotopic (exact) mass is 362 g/mol. The number of rotatable bonds is 4. The van der Waals surface area contributed by atoms with Gasteiger partial charge in [-0.3, -0.25) is 9.69 Å². The molecule has 1 aliphatic carbocycles. The number of hydrogen-bond donors (Lipinski definition) is 1. The lowest BCUT2D eigenvalue weighted by Gasteiger charge is -2.33. The van der Waals surface area contributed by atoms with Crippen LogP contribution >= 0.6 is 0 Å². The molecule has 4 rings (SSSR count). The highest BCUT2D eigenvalue weighted by Crippen LogP contribution is 2.30. The van der Waals surface area contributed by atoms with Crippen molar-refractivity contribution in [2.75, 3.05) is 13.1 Å². The minimum absolute atomic E-state index is 0.161. The Labute approximate surface area is 162 Å². The topological polar surface area (TPSA) is 32.3 Å². The summed E-state index contributed by atoms with van der Waals surface area (Å²) in [6.07, 6.45) is 5.30. The lowest BCUT2D eigenvalue weighted by molar-refractivity contribution is -0.127. The number of nitrogens with one attached hydrogen (secondary N) is 1. The molecule has 0 radical (unpaired) electrons. The van der Waals surface area contributed by atoms with Crippen LogP contribution in [0.25, 0.3) is 0 Å². The molecule has 1 saturated heterocycles. The molecule has 1 heterocycles. The van der Waals surface area contributed by atoms with Gasteiger partial charge in [0.2, 0.25) is 5.91 Å². The predicted octanol–water partition coefficient (Wildman–Crippen LogP) is 4.40. The average Bonchev–Trinajstić information content (AvgIpc) is 2.70. The first-order chi connectivity index (χ1) is 13.2. The van der Waals surface area contributed by atoms with Gasteiger partial charge in [-0.25, -0.2) is 0 Å². The zero-order valence-electron chi connectivity index (χ0n) is 16.3. The van der Waals surface area contributed by atoms with Crippen LogP contribution in [0.2, 0.25) is 0 Å². The Bertz CT molecular complexity index is 775. The largest absolute Gasteiger partial charge is 0.349 e. The van der Waals surface area contributed by atoms with Crippen LogP contribution in [0.3, 0.4) is 0 Å². The van der Waals surface area contributed by atoms with Crippen molar-refractivity contribution in [1.29, 1.82) is 0 Å². The molecule has 0 bridgehead atoms. The number of piperidine rings is 1. The molecule has 1 N–H and O–H groups in total. The van der Waals surface area contributed by atoms with E-state index in [9.17, 15) is 4.79 Å². The summed E-state index contributed by atoms with van der Waals surface area (Å²) in [5.74, 6) is 0.417. The van der Waals surface area contributed by atoms with Crippen molar-refractivity contribution in [3.63, 3.8) is 0 Å². The standard InChI is InChI=1S/C24H30N2O/c1-18-9-11-19(12-10-18)17-26-15-13-21(14-16-26)24(27)25-23-8-4-6-20-5-2-3-7-22(20)23/h2-3,5,7,9-12,21,23H,4,6,8,13-17H2,1H3,(H,25,27)/t23-/m0/s1. The van der Waals surface area contributed by atoms with Crippen LogP contribution in [0, 0.1) is 12.8 Å². The first-order valence-corrected chi connectivity index (χ1v) is 10.3. The Morgan fingerprint density at radius 2 is 1.78 bits per heavy atom. The number of carbonyl (C=O) groups excluding carboxylic acids is 1. The number of likely N-dealkylation sites (tertiary alicyclic amines) is 1. The molecule has 3 heteroatoms. The van der Waals surface area contributed by atoms with Gasteiger partial charge >= 0.3 is 0 Å². The molecule has 2 aromatic carbocycles. The number of carbonyl (C=O) groups is 1. The van der Waals surface area contributed by atoms with Crippen molar-refractivity contribution in [2.45, 2.75) is 51.6 Å². The molecule has 1 amide bonds. The molecule has 0 aromatic heterocycles. The number of benzene rings is 2. The summed E-state index contributed by atoms with van der Waals surface area (Å²) in [5.41, 5.74) is 5.40. The molecule has 2 aromatic rings. The molecular weight excluding hydrogens is 332 g/mol. The van der Waals surface area contributed by atoms with Gasteiger partial charge in [0.1, 0.15) is 0 Å². The summed E-state index contributed by atoms with van der Waals surface area (Å²) < 4.78 is 0. The van der Waals surface area contributed by atoms with E-state index in [1.54, 1.807) is 0 Å². The third-order valence-corrected chi connectivity index (χ3v) is 6.17. The Hall–Kier alpha value is -2.13. The maximum atomic E-state index is 12.8. The fraction of sp³-hybridized carbons (Fsp3) is 0.458. The summed E-state index contributed by atoms with van der Waals surface area (Å²) >= 11 is 0. The molecule has 1 fully saturated rings. The second-order valence-corrected chi connectivity index (χ2v) is 8.19. The van der Waals surface area contributed by atoms with E-state index >= 15 is 0 Å². The third kappa shape index (κ3) is 4.41. The van der Waals surface area contributed by atoms with Gasteiger partial charge < -0.3 is 5.32 Å². The highest BCUT2D eigenvalue weighted by Gasteiger charge is 2.28. The van der Waals surface area contributed by atoms with Gasteiger partial charge in [0.05, 0.1) is 6.04 Å². The molecule has 3 nitrogen and oxygen atoms in total. The molecule has 0 spiro atoms. The van der Waals surface area contributed by atoms with E-state index < -0.39 is 0 Å². The molecule has 0 saturated carbocycles. The van der Waals surface area contributed by atoms with E-state index in [-0.39, 0.29) is 17.9 Å². The smallest absolute Gasteiger partial charge is 0.223 e. The van der Waals surface area contributed by atoms with E-state index in [2.05, 4.69) is 65.7 Å². The minimum atomic E-state index is 0.161. The van der Waals surface area contributed by atoms with E-state index in [4.69, 9.17) is 0 Å². The van der Waals surface area contributed by atoms with Gasteiger partial charge in [-0.05, 0) is 68.8 Å². The maximum Gasteiger partial charge on any atom is 0.223 e. The van der Waals surface area contributed by atoms with Crippen LogP contribution in [0.5, 0.6) is 0 Å². The number of fused-ring (bicyclic) bond motifs is 1. The fourth-order valence-corrected chi connectivity index (χ4v) is 4.50. The van der Waals surface area contributed by atoms with Crippen molar-refractivity contribution in [3.8, 4) is 0 Å². The van der Waals surface area contributed by atoms with Crippen LogP contribution in [-0.2, 0) is 17.8 Å². The Morgan fingerprint density at radius 1 is 1.04 bits per heavy atom. The maximum absolute atomic E-state index is 12.8. The highest BCUT2D eigenvalue weighted by molar-refractivity contribution is 5.79. The Balaban J connectivity index is 1.30. The van der Waals surface area contributed by atoms with Gasteiger partial charge in [0, 0.05) is 12.5 Å². The second-order valence-electron chi connectivity index (χ2n) is 8.19. The lowest BCUT2D eigenvalue weighted by Crippen LogP contribution is -2.41. The summed E-state index contributed by atoms with van der Waals surface area (Å²) in [7, 11) is 0. The van der Waals surface area contributed by atoms with E-state index in [0.717, 1.165) is 51.7 Å². The summed E-state index contributed by atoms with van der Waals surface area (Å²) in [6, 6.07) is 17.6. The number of nitrogens with zero attached hydrogens (tertiary/aromatic N) is 1. The van der Waals surface area contributed by atoms with Crippen molar-refractivity contribution in [2.24, 2.45) is 5.92 Å². The molecular formula is C24H30N2O. The molecule has 1 aliphatic heterocycles. The van der Waals surface area contributed by atoms with Gasteiger partial charge in [-0.1, -0.05) is 54.1 Å². The van der Waals surface area contributed by atoms with E-state index in [0.29, 0.717) is 0 Å². The zero-order chi connectivity index (χ0) is 18.6. The van der Waals surface area contributed by atoms with Gasteiger partial charge in [-0.15, -0.1) is 0 Å². The molecule has 0 unspecified atom stereocenters. The second kappa shape index (κ2) is 8.26. The average molecular weight is 363 g/mol. The minimum Gasteiger partial charge on any atom is -0.349 e. The Morgan fingerprint density at radius 3 is 2.56 bits per heavy atom. The van der Waals surface area contributed by atoms with Crippen molar-refractivity contribution >= 4 is 5.91 Å². The zero-order valence-corrected chi connectivity index (χ0v) is 16.3. The van der Waals surface area contributed by atoms with Crippen LogP contribution in [-0.4, -0.2) is 23.9 Å². The summed E-state index contributed by atoms with van der Waals surface area (Å²) in [4.78, 5) is 15.3. The van der Waals surface area contributed by atoms with Crippen molar-refractivity contribution in [3.05, 3.63) is 70.8 Å². The fourth-order valence-electron chi connectivity index (χ4n) is 4.50. The van der Waals surface area contributed by atoms with Crippen LogP contribution in [0.1, 0.15) is 54.0 Å². The van der Waals surface area contributed by atoms with E-state index in [1.165, 1.54) is 22.3 Å². The van der Waals surface area contributed by atoms with Gasteiger partial charge in [0.15, 0.2) is 0 Å². The quantitative estimate of drug-likeness (QED) is 0.874. The molecule has 2 aliphatic rings. The van der Waals surface area contributed by atoms with Crippen LogP contribution in [0.4, 0.5) is 0 Å². The number of hydrogen-bond acceptors (Lipinski definition) is 2. The lowest BCUT2D eigenvalue weighted by atomic mass is 9.87. The number of aryl methyl sites for hydroxylation is 2. The van der Waals surface area contributed by atoms with E-state index in [1.807, 2.05) is 0 Å². The Kier molecular flexibility index (Phi) is 5.58. The first kappa shape index (κ1) is 18.2. The normalized spacial score (nSPS) is 20.9. The van der Waals surface area contributed by atoms with Crippen molar-refractivity contribution < 1.29 is 4.79 Å². The molecule has 1 atom stereocenters. The van der Waals surface area contributed by atoms with Crippen molar-refractivity contribution in [1.82, 2.24) is 10.2 Å². The van der Waals surface area contributed by atoms with Gasteiger partial charge in [0.25, 0.3) is 0 Å². The van der Waals surface area contributed by atoms with Gasteiger partial charge in [-0.2, -0.15) is 0 Å². The summed E-state index contributed by atoms with van der Waals surface area (Å²) in [6.45, 7) is 5.13. The third-order valence-electron chi connectivity index (χ3n) is 6.17. The molecule has 142 valence electrons. The van der Waals surface area contributed by atoms with Crippen LogP contribution < -0.4 is 5.32 Å². The number of amides is 1. The predicted molar refractivity (Wildman–Crippen MR) is 109 cm³/mol. The first-order valence-electron chi connectivity index (χ1n) is 10.3.